The fraction of sp³-hybridized carbons (Fsp3) is 0.167. The lowest BCUT2D eigenvalue weighted by atomic mass is 10.1. The van der Waals surface area contributed by atoms with Gasteiger partial charge in [-0.1, -0.05) is 35.5 Å². The minimum absolute atomic E-state index is 0.127. The number of carbonyl (C=O) groups excluding carboxylic acids is 1. The Morgan fingerprint density at radius 3 is 2.50 bits per heavy atom. The number of para-hydroxylation sites is 1. The lowest BCUT2D eigenvalue weighted by molar-refractivity contribution is -0.137. The maximum absolute atomic E-state index is 13.0. The van der Waals surface area contributed by atoms with Crippen molar-refractivity contribution in [3.05, 3.63) is 64.9 Å². The summed E-state index contributed by atoms with van der Waals surface area (Å²) in [6.45, 7) is 1.76. The van der Waals surface area contributed by atoms with Crippen molar-refractivity contribution < 1.29 is 18.0 Å². The van der Waals surface area contributed by atoms with E-state index in [1.165, 1.54) is 18.2 Å². The van der Waals surface area contributed by atoms with Crippen LogP contribution in [0.25, 0.3) is 5.69 Å². The smallest absolute Gasteiger partial charge is 0.325 e. The predicted molar refractivity (Wildman–Crippen MR) is 102 cm³/mol. The number of carbonyl (C=O) groups is 1. The summed E-state index contributed by atoms with van der Waals surface area (Å²) in [5, 5.41) is 11.4. The molecule has 28 heavy (non-hydrogen) atoms. The summed E-state index contributed by atoms with van der Waals surface area (Å²) >= 11 is 6.97. The SMILES string of the molecule is Cc1nnc(SCC(=O)Nc2ccccc2C(F)(F)F)n1-c1ccc(Cl)cc1. The monoisotopic (exact) mass is 426 g/mol. The van der Waals surface area contributed by atoms with E-state index in [0.29, 0.717) is 16.0 Å². The highest BCUT2D eigenvalue weighted by Gasteiger charge is 2.33. The molecule has 1 amide bonds. The average Bonchev–Trinajstić information content (AvgIpc) is 3.01. The molecule has 3 aromatic rings. The number of anilines is 1. The number of nitrogens with zero attached hydrogens (tertiary/aromatic N) is 3. The number of thioether (sulfide) groups is 1. The van der Waals surface area contributed by atoms with E-state index in [1.807, 2.05) is 0 Å². The zero-order valence-corrected chi connectivity index (χ0v) is 16.1. The molecular formula is C18H14ClF3N4OS. The van der Waals surface area contributed by atoms with Crippen LogP contribution < -0.4 is 5.32 Å². The number of amides is 1. The largest absolute Gasteiger partial charge is 0.418 e. The van der Waals surface area contributed by atoms with Gasteiger partial charge in [0.05, 0.1) is 17.0 Å². The van der Waals surface area contributed by atoms with Gasteiger partial charge >= 0.3 is 6.18 Å². The molecule has 0 radical (unpaired) electrons. The van der Waals surface area contributed by atoms with Crippen molar-refractivity contribution in [1.82, 2.24) is 14.8 Å². The van der Waals surface area contributed by atoms with Crippen molar-refractivity contribution in [2.45, 2.75) is 18.3 Å². The number of hydrogen-bond donors (Lipinski definition) is 1. The van der Waals surface area contributed by atoms with Gasteiger partial charge in [0.2, 0.25) is 5.91 Å². The van der Waals surface area contributed by atoms with Crippen LogP contribution in [-0.4, -0.2) is 26.4 Å². The van der Waals surface area contributed by atoms with Crippen LogP contribution in [0, 0.1) is 6.92 Å². The molecule has 0 aliphatic rings. The van der Waals surface area contributed by atoms with E-state index in [-0.39, 0.29) is 11.4 Å². The van der Waals surface area contributed by atoms with Gasteiger partial charge in [-0.3, -0.25) is 9.36 Å². The van der Waals surface area contributed by atoms with Gasteiger partial charge < -0.3 is 5.32 Å². The Bertz CT molecular complexity index is 989. The number of nitrogens with one attached hydrogen (secondary N) is 1. The van der Waals surface area contributed by atoms with E-state index < -0.39 is 17.6 Å². The van der Waals surface area contributed by atoms with E-state index in [4.69, 9.17) is 11.6 Å². The van der Waals surface area contributed by atoms with Crippen molar-refractivity contribution in [2.24, 2.45) is 0 Å². The molecule has 3 rings (SSSR count). The first-order chi connectivity index (χ1) is 13.3. The van der Waals surface area contributed by atoms with Crippen LogP contribution in [0.3, 0.4) is 0 Å². The van der Waals surface area contributed by atoms with E-state index in [2.05, 4.69) is 15.5 Å². The third-order valence-corrected chi connectivity index (χ3v) is 4.90. The van der Waals surface area contributed by atoms with Crippen LogP contribution >= 0.6 is 23.4 Å². The first kappa shape index (κ1) is 20.2. The van der Waals surface area contributed by atoms with E-state index >= 15 is 0 Å². The molecule has 0 aliphatic carbocycles. The summed E-state index contributed by atoms with van der Waals surface area (Å²) < 4.78 is 40.8. The van der Waals surface area contributed by atoms with Crippen molar-refractivity contribution in [3.8, 4) is 5.69 Å². The average molecular weight is 427 g/mol. The minimum atomic E-state index is -4.55. The molecule has 10 heteroatoms. The highest BCUT2D eigenvalue weighted by molar-refractivity contribution is 7.99. The number of rotatable bonds is 5. The fourth-order valence-electron chi connectivity index (χ4n) is 2.48. The molecule has 0 saturated carbocycles. The first-order valence-electron chi connectivity index (χ1n) is 8.02. The molecule has 0 aliphatic heterocycles. The fourth-order valence-corrected chi connectivity index (χ4v) is 3.40. The number of aromatic nitrogens is 3. The van der Waals surface area contributed by atoms with Gasteiger partial charge in [0, 0.05) is 10.7 Å². The maximum atomic E-state index is 13.0. The van der Waals surface area contributed by atoms with Crippen LogP contribution in [0.5, 0.6) is 0 Å². The summed E-state index contributed by atoms with van der Waals surface area (Å²) in [7, 11) is 0. The Morgan fingerprint density at radius 2 is 1.82 bits per heavy atom. The van der Waals surface area contributed by atoms with Crippen molar-refractivity contribution >= 4 is 35.0 Å². The molecule has 0 spiro atoms. The third kappa shape index (κ3) is 4.66. The molecule has 0 fully saturated rings. The normalized spacial score (nSPS) is 11.5. The van der Waals surface area contributed by atoms with Crippen LogP contribution in [0.1, 0.15) is 11.4 Å². The quantitative estimate of drug-likeness (QED) is 0.584. The van der Waals surface area contributed by atoms with Gasteiger partial charge in [-0.25, -0.2) is 0 Å². The Morgan fingerprint density at radius 1 is 1.14 bits per heavy atom. The minimum Gasteiger partial charge on any atom is -0.325 e. The van der Waals surface area contributed by atoms with Crippen LogP contribution in [-0.2, 0) is 11.0 Å². The molecule has 5 nitrogen and oxygen atoms in total. The van der Waals surface area contributed by atoms with Gasteiger partial charge in [-0.15, -0.1) is 10.2 Å². The number of hydrogen-bond acceptors (Lipinski definition) is 4. The second-order valence-electron chi connectivity index (χ2n) is 5.72. The van der Waals surface area contributed by atoms with Gasteiger partial charge in [-0.2, -0.15) is 13.2 Å². The zero-order valence-electron chi connectivity index (χ0n) is 14.5. The number of aryl methyl sites for hydroxylation is 1. The van der Waals surface area contributed by atoms with Gasteiger partial charge in [0.15, 0.2) is 5.16 Å². The van der Waals surface area contributed by atoms with Gasteiger partial charge in [0.25, 0.3) is 0 Å². The summed E-state index contributed by atoms with van der Waals surface area (Å²) in [5.41, 5.74) is -0.415. The van der Waals surface area contributed by atoms with Crippen LogP contribution in [0.2, 0.25) is 5.02 Å². The molecule has 0 saturated heterocycles. The van der Waals surface area contributed by atoms with Crippen molar-refractivity contribution in [2.75, 3.05) is 11.1 Å². The van der Waals surface area contributed by atoms with Crippen molar-refractivity contribution in [1.29, 1.82) is 0 Å². The van der Waals surface area contributed by atoms with Gasteiger partial charge in [-0.05, 0) is 43.3 Å². The Hall–Kier alpha value is -2.52. The summed E-state index contributed by atoms with van der Waals surface area (Å²) in [5.74, 6) is -0.101. The summed E-state index contributed by atoms with van der Waals surface area (Å²) in [6, 6.07) is 11.8. The first-order valence-corrected chi connectivity index (χ1v) is 9.39. The Labute approximate surface area is 167 Å². The molecule has 1 heterocycles. The van der Waals surface area contributed by atoms with Crippen LogP contribution in [0.15, 0.2) is 53.7 Å². The topological polar surface area (TPSA) is 59.8 Å². The molecule has 1 aromatic heterocycles. The number of alkyl halides is 3. The standard InChI is InChI=1S/C18H14ClF3N4OS/c1-11-24-25-17(26(11)13-8-6-12(19)7-9-13)28-10-16(27)23-15-5-3-2-4-14(15)18(20,21)22/h2-9H,10H2,1H3,(H,23,27). The number of halogens is 4. The summed E-state index contributed by atoms with van der Waals surface area (Å²) in [4.78, 5) is 12.2. The molecule has 0 bridgehead atoms. The van der Waals surface area contributed by atoms with E-state index in [0.717, 1.165) is 23.5 Å². The number of benzene rings is 2. The van der Waals surface area contributed by atoms with Gasteiger partial charge in [0.1, 0.15) is 5.82 Å². The molecule has 1 N–H and O–H groups in total. The van der Waals surface area contributed by atoms with Crippen molar-refractivity contribution in [3.63, 3.8) is 0 Å². The molecule has 0 atom stereocenters. The summed E-state index contributed by atoms with van der Waals surface area (Å²) in [6.07, 6.45) is -4.55. The predicted octanol–water partition coefficient (Wildman–Crippen LogP) is 4.98. The highest BCUT2D eigenvalue weighted by Crippen LogP contribution is 2.34. The second-order valence-corrected chi connectivity index (χ2v) is 7.10. The molecule has 146 valence electrons. The maximum Gasteiger partial charge on any atom is 0.418 e. The van der Waals surface area contributed by atoms with E-state index in [1.54, 1.807) is 35.8 Å². The van der Waals surface area contributed by atoms with Crippen LogP contribution in [0.4, 0.5) is 18.9 Å². The Balaban J connectivity index is 1.72. The molecular weight excluding hydrogens is 413 g/mol. The second kappa shape index (κ2) is 8.24. The highest BCUT2D eigenvalue weighted by atomic mass is 35.5. The Kier molecular flexibility index (Phi) is 5.95. The third-order valence-electron chi connectivity index (χ3n) is 3.72. The zero-order chi connectivity index (χ0) is 20.3. The lowest BCUT2D eigenvalue weighted by Crippen LogP contribution is -2.18. The molecule has 2 aromatic carbocycles. The van der Waals surface area contributed by atoms with E-state index in [9.17, 15) is 18.0 Å². The lowest BCUT2D eigenvalue weighted by Gasteiger charge is -2.13. The molecule has 0 unspecified atom stereocenters.